The van der Waals surface area contributed by atoms with Crippen LogP contribution in [0.2, 0.25) is 0 Å². The van der Waals surface area contributed by atoms with E-state index in [0.717, 1.165) is 44.0 Å². The summed E-state index contributed by atoms with van der Waals surface area (Å²) >= 11 is 0. The average molecular weight is 278 g/mol. The molecule has 2 N–H and O–H groups in total. The second-order valence-electron chi connectivity index (χ2n) is 5.83. The molecule has 0 aliphatic rings. The van der Waals surface area contributed by atoms with Gasteiger partial charge in [-0.3, -0.25) is 0 Å². The van der Waals surface area contributed by atoms with Crippen LogP contribution < -0.4 is 10.6 Å². The predicted octanol–water partition coefficient (Wildman–Crippen LogP) is 3.96. The fourth-order valence-corrected chi connectivity index (χ4v) is 1.94. The Hall–Kier alpha value is -1.32. The van der Waals surface area contributed by atoms with Gasteiger partial charge in [-0.25, -0.2) is 9.97 Å². The Bertz CT molecular complexity index is 390. The van der Waals surface area contributed by atoms with Crippen LogP contribution in [-0.4, -0.2) is 23.1 Å². The molecule has 4 nitrogen and oxygen atoms in total. The Kier molecular flexibility index (Phi) is 7.34. The van der Waals surface area contributed by atoms with Crippen molar-refractivity contribution >= 4 is 11.6 Å². The second kappa shape index (κ2) is 8.77. The Labute approximate surface area is 123 Å². The Morgan fingerprint density at radius 1 is 1.00 bits per heavy atom. The number of nitrogens with one attached hydrogen (secondary N) is 2. The van der Waals surface area contributed by atoms with E-state index < -0.39 is 0 Å². The average Bonchev–Trinajstić information content (AvgIpc) is 2.44. The van der Waals surface area contributed by atoms with Crippen LogP contribution in [0.25, 0.3) is 0 Å². The largest absolute Gasteiger partial charge is 0.370 e. The first kappa shape index (κ1) is 16.7. The van der Waals surface area contributed by atoms with Crippen LogP contribution in [0.1, 0.15) is 53.0 Å². The number of aromatic nitrogens is 2. The topological polar surface area (TPSA) is 49.8 Å². The minimum absolute atomic E-state index is 0.631. The highest BCUT2D eigenvalue weighted by Gasteiger charge is 2.12. The molecule has 0 saturated carbocycles. The van der Waals surface area contributed by atoms with Gasteiger partial charge in [-0.2, -0.15) is 0 Å². The molecule has 1 aromatic heterocycles. The van der Waals surface area contributed by atoms with Gasteiger partial charge >= 0.3 is 0 Å². The van der Waals surface area contributed by atoms with Gasteiger partial charge in [0.2, 0.25) is 0 Å². The third-order valence-electron chi connectivity index (χ3n) is 3.72. The first-order valence-electron chi connectivity index (χ1n) is 7.91. The van der Waals surface area contributed by atoms with Crippen LogP contribution >= 0.6 is 0 Å². The summed E-state index contributed by atoms with van der Waals surface area (Å²) in [5, 5.41) is 6.91. The molecule has 1 unspecified atom stereocenters. The molecule has 0 aliphatic heterocycles. The predicted molar refractivity (Wildman–Crippen MR) is 87.3 cm³/mol. The Morgan fingerprint density at radius 3 is 2.20 bits per heavy atom. The van der Waals surface area contributed by atoms with Crippen molar-refractivity contribution in [2.45, 2.75) is 53.9 Å². The number of hydrogen-bond acceptors (Lipinski definition) is 4. The number of hydrogen-bond donors (Lipinski definition) is 2. The van der Waals surface area contributed by atoms with Crippen molar-refractivity contribution in [1.29, 1.82) is 0 Å². The minimum atomic E-state index is 0.631. The third-order valence-corrected chi connectivity index (χ3v) is 3.72. The van der Waals surface area contributed by atoms with Crippen LogP contribution in [0.5, 0.6) is 0 Å². The molecule has 114 valence electrons. The SMILES string of the molecule is CCCNc1ncnc(NCC(C)C(C)C)c1CCC. The van der Waals surface area contributed by atoms with Crippen molar-refractivity contribution < 1.29 is 0 Å². The molecule has 0 aliphatic carbocycles. The first-order valence-corrected chi connectivity index (χ1v) is 7.91. The van der Waals surface area contributed by atoms with E-state index in [2.05, 4.69) is 55.2 Å². The normalized spacial score (nSPS) is 12.5. The van der Waals surface area contributed by atoms with Crippen molar-refractivity contribution in [2.75, 3.05) is 23.7 Å². The molecule has 1 heterocycles. The molecular formula is C16H30N4. The lowest BCUT2D eigenvalue weighted by Crippen LogP contribution is -2.18. The summed E-state index contributed by atoms with van der Waals surface area (Å²) in [5.41, 5.74) is 1.22. The van der Waals surface area contributed by atoms with Gasteiger partial charge in [-0.15, -0.1) is 0 Å². The van der Waals surface area contributed by atoms with Gasteiger partial charge in [0, 0.05) is 18.7 Å². The van der Waals surface area contributed by atoms with Crippen LogP contribution in [0.15, 0.2) is 6.33 Å². The van der Waals surface area contributed by atoms with E-state index in [1.54, 1.807) is 6.33 Å². The maximum absolute atomic E-state index is 4.44. The molecule has 0 fully saturated rings. The van der Waals surface area contributed by atoms with Gasteiger partial charge in [0.1, 0.15) is 18.0 Å². The van der Waals surface area contributed by atoms with E-state index in [1.165, 1.54) is 5.56 Å². The molecular weight excluding hydrogens is 248 g/mol. The highest BCUT2D eigenvalue weighted by molar-refractivity contribution is 5.57. The second-order valence-corrected chi connectivity index (χ2v) is 5.83. The zero-order valence-electron chi connectivity index (χ0n) is 13.7. The summed E-state index contributed by atoms with van der Waals surface area (Å²) in [6, 6.07) is 0. The van der Waals surface area contributed by atoms with E-state index in [-0.39, 0.29) is 0 Å². The van der Waals surface area contributed by atoms with Gasteiger partial charge in [-0.05, 0) is 24.7 Å². The molecule has 0 saturated heterocycles. The van der Waals surface area contributed by atoms with Gasteiger partial charge in [0.05, 0.1) is 0 Å². The first-order chi connectivity index (χ1) is 9.60. The summed E-state index contributed by atoms with van der Waals surface area (Å²) < 4.78 is 0. The van der Waals surface area contributed by atoms with E-state index in [9.17, 15) is 0 Å². The summed E-state index contributed by atoms with van der Waals surface area (Å²) in [6.07, 6.45) is 4.86. The standard InChI is InChI=1S/C16H30N4/c1-6-8-14-15(17-9-7-2)19-11-20-16(14)18-10-13(5)12(3)4/h11-13H,6-10H2,1-5H3,(H2,17,18,19,20). The minimum Gasteiger partial charge on any atom is -0.370 e. The number of rotatable bonds is 9. The van der Waals surface area contributed by atoms with Crippen molar-refractivity contribution in [2.24, 2.45) is 11.8 Å². The molecule has 1 atom stereocenters. The monoisotopic (exact) mass is 278 g/mol. The van der Waals surface area contributed by atoms with Gasteiger partial charge < -0.3 is 10.6 Å². The van der Waals surface area contributed by atoms with Crippen molar-refractivity contribution in [3.63, 3.8) is 0 Å². The summed E-state index contributed by atoms with van der Waals surface area (Å²) in [6.45, 7) is 13.1. The van der Waals surface area contributed by atoms with Crippen LogP contribution in [0, 0.1) is 11.8 Å². The molecule has 1 aromatic rings. The maximum Gasteiger partial charge on any atom is 0.134 e. The summed E-state index contributed by atoms with van der Waals surface area (Å²) in [4.78, 5) is 8.83. The Balaban J connectivity index is 2.82. The van der Waals surface area contributed by atoms with Crippen LogP contribution in [-0.2, 0) is 6.42 Å². The van der Waals surface area contributed by atoms with E-state index in [1.807, 2.05) is 0 Å². The number of anilines is 2. The van der Waals surface area contributed by atoms with Crippen molar-refractivity contribution in [3.8, 4) is 0 Å². The smallest absolute Gasteiger partial charge is 0.134 e. The highest BCUT2D eigenvalue weighted by Crippen LogP contribution is 2.22. The third kappa shape index (κ3) is 4.99. The van der Waals surface area contributed by atoms with Crippen LogP contribution in [0.3, 0.4) is 0 Å². The zero-order valence-corrected chi connectivity index (χ0v) is 13.7. The summed E-state index contributed by atoms with van der Waals surface area (Å²) in [7, 11) is 0. The van der Waals surface area contributed by atoms with Crippen molar-refractivity contribution in [1.82, 2.24) is 9.97 Å². The molecule has 0 spiro atoms. The molecule has 0 aromatic carbocycles. The fraction of sp³-hybridized carbons (Fsp3) is 0.750. The number of nitrogens with zero attached hydrogens (tertiary/aromatic N) is 2. The van der Waals surface area contributed by atoms with Gasteiger partial charge in [0.15, 0.2) is 0 Å². The molecule has 4 heteroatoms. The summed E-state index contributed by atoms with van der Waals surface area (Å²) in [5.74, 6) is 3.29. The lowest BCUT2D eigenvalue weighted by atomic mass is 9.98. The molecule has 0 amide bonds. The Morgan fingerprint density at radius 2 is 1.65 bits per heavy atom. The van der Waals surface area contributed by atoms with E-state index in [4.69, 9.17) is 0 Å². The molecule has 0 radical (unpaired) electrons. The highest BCUT2D eigenvalue weighted by atomic mass is 15.1. The molecule has 0 bridgehead atoms. The lowest BCUT2D eigenvalue weighted by molar-refractivity contribution is 0.439. The van der Waals surface area contributed by atoms with Crippen LogP contribution in [0.4, 0.5) is 11.6 Å². The molecule has 1 rings (SSSR count). The lowest BCUT2D eigenvalue weighted by Gasteiger charge is -2.19. The van der Waals surface area contributed by atoms with Crippen molar-refractivity contribution in [3.05, 3.63) is 11.9 Å². The van der Waals surface area contributed by atoms with E-state index >= 15 is 0 Å². The van der Waals surface area contributed by atoms with E-state index in [0.29, 0.717) is 11.8 Å². The fourth-order valence-electron chi connectivity index (χ4n) is 1.94. The van der Waals surface area contributed by atoms with Gasteiger partial charge in [-0.1, -0.05) is 41.0 Å². The quantitative estimate of drug-likeness (QED) is 0.718. The van der Waals surface area contributed by atoms with Gasteiger partial charge in [0.25, 0.3) is 0 Å². The zero-order chi connectivity index (χ0) is 15.0. The molecule has 20 heavy (non-hydrogen) atoms. The maximum atomic E-state index is 4.44.